The fourth-order valence-corrected chi connectivity index (χ4v) is 1.99. The number of nitrogens with zero attached hydrogens (tertiary/aromatic N) is 2. The summed E-state index contributed by atoms with van der Waals surface area (Å²) in [5, 5.41) is 10.9. The summed E-state index contributed by atoms with van der Waals surface area (Å²) >= 11 is 0. The Morgan fingerprint density at radius 3 is 2.68 bits per heavy atom. The molecule has 0 unspecified atom stereocenters. The molecule has 3 amide bonds. The van der Waals surface area contributed by atoms with Gasteiger partial charge in [-0.15, -0.1) is 0 Å². The van der Waals surface area contributed by atoms with Crippen molar-refractivity contribution in [2.24, 2.45) is 0 Å². The van der Waals surface area contributed by atoms with E-state index >= 15 is 0 Å². The van der Waals surface area contributed by atoms with E-state index in [9.17, 15) is 18.4 Å². The van der Waals surface area contributed by atoms with Crippen LogP contribution in [-0.2, 0) is 10.3 Å². The van der Waals surface area contributed by atoms with Crippen LogP contribution >= 0.6 is 0 Å². The van der Waals surface area contributed by atoms with Gasteiger partial charge in [-0.25, -0.2) is 18.5 Å². The molecule has 1 fully saturated rings. The van der Waals surface area contributed by atoms with Crippen molar-refractivity contribution in [2.45, 2.75) is 12.5 Å². The van der Waals surface area contributed by atoms with Crippen LogP contribution in [0.5, 0.6) is 0 Å². The number of rotatable bonds is 2. The van der Waals surface area contributed by atoms with Crippen LogP contribution in [-0.4, -0.2) is 23.4 Å². The Morgan fingerprint density at radius 1 is 1.42 bits per heavy atom. The van der Waals surface area contributed by atoms with Gasteiger partial charge in [0.25, 0.3) is 5.91 Å². The second kappa shape index (κ2) is 4.31. The summed E-state index contributed by atoms with van der Waals surface area (Å²) in [6.45, 7) is 0.879. The number of carbonyl (C=O) groups excluding carboxylic acids is 2. The standard InChI is InChI=1S/C12H9F2N3O2/c1-12(8-3-2-7(13)6-9(8)14)10(18)17(5-4-15)11(19)16-12/h2-3,6H,5H2,1H3,(H,16,19)/t12-/m1/s1. The lowest BCUT2D eigenvalue weighted by Crippen LogP contribution is -2.41. The van der Waals surface area contributed by atoms with Crippen LogP contribution < -0.4 is 5.32 Å². The lowest BCUT2D eigenvalue weighted by molar-refractivity contribution is -0.130. The monoisotopic (exact) mass is 265 g/mol. The maximum atomic E-state index is 13.7. The fraction of sp³-hybridized carbons (Fsp3) is 0.250. The number of imide groups is 1. The van der Waals surface area contributed by atoms with Gasteiger partial charge in [-0.2, -0.15) is 5.26 Å². The predicted octanol–water partition coefficient (Wildman–Crippen LogP) is 1.26. The molecule has 98 valence electrons. The lowest BCUT2D eigenvalue weighted by Gasteiger charge is -2.22. The highest BCUT2D eigenvalue weighted by Gasteiger charge is 2.50. The number of hydrogen-bond donors (Lipinski definition) is 1. The van der Waals surface area contributed by atoms with Crippen LogP contribution in [0.3, 0.4) is 0 Å². The van der Waals surface area contributed by atoms with E-state index in [2.05, 4.69) is 5.32 Å². The van der Waals surface area contributed by atoms with E-state index in [1.807, 2.05) is 0 Å². The maximum absolute atomic E-state index is 13.7. The summed E-state index contributed by atoms with van der Waals surface area (Å²) in [6, 6.07) is 3.62. The van der Waals surface area contributed by atoms with Gasteiger partial charge in [0.15, 0.2) is 0 Å². The van der Waals surface area contributed by atoms with Gasteiger partial charge in [0.05, 0.1) is 6.07 Å². The average molecular weight is 265 g/mol. The van der Waals surface area contributed by atoms with Crippen molar-refractivity contribution in [1.29, 1.82) is 5.26 Å². The number of benzene rings is 1. The zero-order chi connectivity index (χ0) is 14.2. The second-order valence-corrected chi connectivity index (χ2v) is 4.23. The number of amides is 3. The van der Waals surface area contributed by atoms with E-state index in [4.69, 9.17) is 5.26 Å². The second-order valence-electron chi connectivity index (χ2n) is 4.23. The Kier molecular flexibility index (Phi) is 2.94. The Hall–Kier alpha value is -2.49. The minimum atomic E-state index is -1.63. The minimum Gasteiger partial charge on any atom is -0.319 e. The third-order valence-electron chi connectivity index (χ3n) is 2.97. The summed E-state index contributed by atoms with van der Waals surface area (Å²) in [4.78, 5) is 24.4. The zero-order valence-electron chi connectivity index (χ0n) is 9.91. The highest BCUT2D eigenvalue weighted by Crippen LogP contribution is 2.30. The lowest BCUT2D eigenvalue weighted by atomic mass is 9.91. The molecule has 19 heavy (non-hydrogen) atoms. The Bertz CT molecular complexity index is 611. The van der Waals surface area contributed by atoms with Crippen molar-refractivity contribution in [2.75, 3.05) is 6.54 Å². The molecule has 1 N–H and O–H groups in total. The summed E-state index contributed by atoms with van der Waals surface area (Å²) in [6.07, 6.45) is 0. The molecular formula is C12H9F2N3O2. The molecule has 1 heterocycles. The number of nitriles is 1. The van der Waals surface area contributed by atoms with Gasteiger partial charge in [0.1, 0.15) is 23.7 Å². The third-order valence-corrected chi connectivity index (χ3v) is 2.97. The summed E-state index contributed by atoms with van der Waals surface area (Å²) in [7, 11) is 0. The molecule has 0 radical (unpaired) electrons. The van der Waals surface area contributed by atoms with E-state index < -0.39 is 35.7 Å². The van der Waals surface area contributed by atoms with Crippen molar-refractivity contribution in [3.8, 4) is 6.07 Å². The Labute approximate surface area is 107 Å². The smallest absolute Gasteiger partial charge is 0.319 e. The first kappa shape index (κ1) is 13.0. The molecule has 0 spiro atoms. The van der Waals surface area contributed by atoms with Gasteiger partial charge in [0, 0.05) is 11.6 Å². The Morgan fingerprint density at radius 2 is 2.11 bits per heavy atom. The molecule has 1 aromatic carbocycles. The van der Waals surface area contributed by atoms with E-state index in [-0.39, 0.29) is 5.56 Å². The van der Waals surface area contributed by atoms with E-state index in [1.54, 1.807) is 6.07 Å². The van der Waals surface area contributed by atoms with Crippen molar-refractivity contribution in [3.63, 3.8) is 0 Å². The number of halogens is 2. The van der Waals surface area contributed by atoms with Crippen molar-refractivity contribution in [1.82, 2.24) is 10.2 Å². The number of nitrogens with one attached hydrogen (secondary N) is 1. The van der Waals surface area contributed by atoms with Gasteiger partial charge in [-0.1, -0.05) is 6.07 Å². The Balaban J connectivity index is 2.47. The maximum Gasteiger partial charge on any atom is 0.326 e. The minimum absolute atomic E-state index is 0.146. The summed E-state index contributed by atoms with van der Waals surface area (Å²) < 4.78 is 26.6. The normalized spacial score (nSPS) is 22.3. The summed E-state index contributed by atoms with van der Waals surface area (Å²) in [5.74, 6) is -2.46. The number of hydrogen-bond acceptors (Lipinski definition) is 3. The molecule has 5 nitrogen and oxygen atoms in total. The molecule has 1 aromatic rings. The molecule has 1 atom stereocenters. The third kappa shape index (κ3) is 1.91. The van der Waals surface area contributed by atoms with Crippen LogP contribution in [0, 0.1) is 23.0 Å². The number of carbonyl (C=O) groups is 2. The average Bonchev–Trinajstić information content (AvgIpc) is 2.54. The van der Waals surface area contributed by atoms with Crippen LogP contribution in [0.2, 0.25) is 0 Å². The molecule has 1 aliphatic heterocycles. The molecule has 7 heteroatoms. The van der Waals surface area contributed by atoms with E-state index in [0.717, 1.165) is 12.1 Å². The highest BCUT2D eigenvalue weighted by molar-refractivity contribution is 6.07. The van der Waals surface area contributed by atoms with Gasteiger partial charge >= 0.3 is 6.03 Å². The molecule has 1 aliphatic rings. The largest absolute Gasteiger partial charge is 0.326 e. The quantitative estimate of drug-likeness (QED) is 0.646. The molecule has 2 rings (SSSR count). The van der Waals surface area contributed by atoms with Gasteiger partial charge in [0.2, 0.25) is 0 Å². The van der Waals surface area contributed by atoms with E-state index in [1.165, 1.54) is 6.92 Å². The van der Waals surface area contributed by atoms with E-state index in [0.29, 0.717) is 11.0 Å². The molecule has 1 saturated heterocycles. The highest BCUT2D eigenvalue weighted by atomic mass is 19.1. The fourth-order valence-electron chi connectivity index (χ4n) is 1.99. The molecule has 0 aromatic heterocycles. The first-order chi connectivity index (χ1) is 8.90. The predicted molar refractivity (Wildman–Crippen MR) is 59.6 cm³/mol. The zero-order valence-corrected chi connectivity index (χ0v) is 9.91. The van der Waals surface area contributed by atoms with Crippen LogP contribution in [0.15, 0.2) is 18.2 Å². The summed E-state index contributed by atoms with van der Waals surface area (Å²) in [5.41, 5.74) is -1.78. The SMILES string of the molecule is C[C@]1(c2ccc(F)cc2F)NC(=O)N(CC#N)C1=O. The van der Waals surface area contributed by atoms with Crippen LogP contribution in [0.1, 0.15) is 12.5 Å². The van der Waals surface area contributed by atoms with Crippen molar-refractivity contribution < 1.29 is 18.4 Å². The molecule has 0 bridgehead atoms. The van der Waals surface area contributed by atoms with Crippen LogP contribution in [0.25, 0.3) is 0 Å². The number of urea groups is 1. The van der Waals surface area contributed by atoms with Crippen molar-refractivity contribution >= 4 is 11.9 Å². The van der Waals surface area contributed by atoms with Gasteiger partial charge in [-0.3, -0.25) is 4.79 Å². The van der Waals surface area contributed by atoms with Crippen molar-refractivity contribution in [3.05, 3.63) is 35.4 Å². The first-order valence-electron chi connectivity index (χ1n) is 5.36. The molecule has 0 saturated carbocycles. The topological polar surface area (TPSA) is 73.2 Å². The molecular weight excluding hydrogens is 256 g/mol. The molecule has 0 aliphatic carbocycles. The van der Waals surface area contributed by atoms with Gasteiger partial charge < -0.3 is 5.32 Å². The van der Waals surface area contributed by atoms with Crippen LogP contribution in [0.4, 0.5) is 13.6 Å². The first-order valence-corrected chi connectivity index (χ1v) is 5.36. The van der Waals surface area contributed by atoms with Gasteiger partial charge in [-0.05, 0) is 13.0 Å².